The molecule has 0 aliphatic carbocycles. The van der Waals surface area contributed by atoms with Crippen molar-refractivity contribution >= 4 is 25.0 Å². The van der Waals surface area contributed by atoms with Crippen molar-refractivity contribution in [2.75, 3.05) is 38.3 Å². The van der Waals surface area contributed by atoms with E-state index in [2.05, 4.69) is 0 Å². The monoisotopic (exact) mass is 308 g/mol. The number of rotatable bonds is 9. The first-order chi connectivity index (χ1) is 9.36. The Morgan fingerprint density at radius 2 is 0.950 bits per heavy atom. The zero-order valence-electron chi connectivity index (χ0n) is 12.0. The van der Waals surface area contributed by atoms with Crippen LogP contribution in [-0.2, 0) is 33.2 Å². The van der Waals surface area contributed by atoms with Crippen LogP contribution in [0.15, 0.2) is 0 Å². The van der Waals surface area contributed by atoms with Crippen molar-refractivity contribution in [1.82, 2.24) is 0 Å². The Hall–Kier alpha value is -1.36. The van der Waals surface area contributed by atoms with Crippen molar-refractivity contribution in [2.45, 2.75) is 20.8 Å². The van der Waals surface area contributed by atoms with Crippen LogP contribution in [0.1, 0.15) is 20.8 Å². The molecule has 0 bridgehead atoms. The minimum atomic E-state index is -3.40. The number of hydrogen-bond donors (Lipinski definition) is 0. The van der Waals surface area contributed by atoms with Crippen LogP contribution in [0.2, 0.25) is 0 Å². The minimum Gasteiger partial charge on any atom is -0.466 e. The highest BCUT2D eigenvalue weighted by molar-refractivity contribution is 7.66. The maximum absolute atomic E-state index is 12.6. The second-order valence-electron chi connectivity index (χ2n) is 3.95. The normalized spacial score (nSPS) is 10.8. The topological polar surface area (TPSA) is 96.0 Å². The second kappa shape index (κ2) is 9.53. The molecule has 0 amide bonds. The van der Waals surface area contributed by atoms with E-state index in [1.165, 1.54) is 0 Å². The highest BCUT2D eigenvalue weighted by atomic mass is 31.2. The van der Waals surface area contributed by atoms with E-state index < -0.39 is 43.5 Å². The molecular formula is C12H21O7P. The van der Waals surface area contributed by atoms with Crippen molar-refractivity contribution in [1.29, 1.82) is 0 Å². The lowest BCUT2D eigenvalue weighted by Gasteiger charge is -2.15. The van der Waals surface area contributed by atoms with Gasteiger partial charge in [0.1, 0.15) is 25.6 Å². The van der Waals surface area contributed by atoms with E-state index in [0.717, 1.165) is 0 Å². The van der Waals surface area contributed by atoms with Crippen molar-refractivity contribution in [3.05, 3.63) is 0 Å². The van der Waals surface area contributed by atoms with Crippen LogP contribution in [0, 0.1) is 0 Å². The Morgan fingerprint density at radius 1 is 0.700 bits per heavy atom. The van der Waals surface area contributed by atoms with Crippen LogP contribution in [0.25, 0.3) is 0 Å². The molecule has 0 saturated carbocycles. The van der Waals surface area contributed by atoms with Gasteiger partial charge in [0.25, 0.3) is 0 Å². The van der Waals surface area contributed by atoms with Gasteiger partial charge < -0.3 is 18.8 Å². The molecule has 116 valence electrons. The van der Waals surface area contributed by atoms with Crippen molar-refractivity contribution in [3.8, 4) is 0 Å². The van der Waals surface area contributed by atoms with E-state index in [1.807, 2.05) is 0 Å². The number of carbonyl (C=O) groups is 3. The molecule has 8 heteroatoms. The summed E-state index contributed by atoms with van der Waals surface area (Å²) in [7, 11) is -3.40. The molecule has 0 aromatic heterocycles. The lowest BCUT2D eigenvalue weighted by Crippen LogP contribution is -2.22. The van der Waals surface area contributed by atoms with Gasteiger partial charge in [0, 0.05) is 0 Å². The Labute approximate surface area is 118 Å². The Balaban J connectivity index is 4.83. The van der Waals surface area contributed by atoms with E-state index >= 15 is 0 Å². The fourth-order valence-electron chi connectivity index (χ4n) is 1.49. The third-order valence-corrected chi connectivity index (χ3v) is 4.67. The smallest absolute Gasteiger partial charge is 0.313 e. The third kappa shape index (κ3) is 7.94. The van der Waals surface area contributed by atoms with E-state index in [1.54, 1.807) is 20.8 Å². The van der Waals surface area contributed by atoms with Gasteiger partial charge in [0.05, 0.1) is 19.8 Å². The molecule has 0 aliphatic rings. The number of ether oxygens (including phenoxy) is 3. The molecule has 0 spiro atoms. The van der Waals surface area contributed by atoms with E-state index in [9.17, 15) is 18.9 Å². The summed E-state index contributed by atoms with van der Waals surface area (Å²) < 4.78 is 26.7. The van der Waals surface area contributed by atoms with Gasteiger partial charge in [0.2, 0.25) is 0 Å². The number of carbonyl (C=O) groups excluding carboxylic acids is 3. The zero-order chi connectivity index (χ0) is 15.6. The molecule has 0 aliphatic heterocycles. The third-order valence-electron chi connectivity index (χ3n) is 2.17. The predicted octanol–water partition coefficient (Wildman–Crippen LogP) is 1.04. The van der Waals surface area contributed by atoms with Crippen LogP contribution in [0.4, 0.5) is 0 Å². The summed E-state index contributed by atoms with van der Waals surface area (Å²) in [5, 5.41) is 0. The Kier molecular flexibility index (Phi) is 8.88. The maximum atomic E-state index is 12.6. The minimum absolute atomic E-state index is 0.137. The molecule has 0 unspecified atom stereocenters. The molecule has 0 heterocycles. The van der Waals surface area contributed by atoms with Crippen molar-refractivity contribution < 1.29 is 33.2 Å². The van der Waals surface area contributed by atoms with Gasteiger partial charge in [-0.15, -0.1) is 0 Å². The molecule has 7 nitrogen and oxygen atoms in total. The van der Waals surface area contributed by atoms with Gasteiger partial charge >= 0.3 is 17.9 Å². The SMILES string of the molecule is CCOC(=O)CP(=O)(CC(=O)OCC)CC(=O)OCC. The Morgan fingerprint density at radius 3 is 1.15 bits per heavy atom. The summed E-state index contributed by atoms with van der Waals surface area (Å²) in [5.41, 5.74) is 0. The van der Waals surface area contributed by atoms with Crippen LogP contribution in [-0.4, -0.2) is 56.2 Å². The molecule has 0 aromatic carbocycles. The molecule has 0 saturated heterocycles. The molecule has 0 rings (SSSR count). The lowest BCUT2D eigenvalue weighted by molar-refractivity contribution is -0.140. The zero-order valence-corrected chi connectivity index (χ0v) is 12.9. The first-order valence-corrected chi connectivity index (χ1v) is 8.67. The van der Waals surface area contributed by atoms with Gasteiger partial charge in [-0.05, 0) is 20.8 Å². The van der Waals surface area contributed by atoms with E-state index in [4.69, 9.17) is 14.2 Å². The standard InChI is InChI=1S/C12H21O7P/c1-4-17-10(13)7-20(16,8-11(14)18-5-2)9-12(15)19-6-3/h4-9H2,1-3H3. The first-order valence-electron chi connectivity index (χ1n) is 6.40. The maximum Gasteiger partial charge on any atom is 0.313 e. The highest BCUT2D eigenvalue weighted by Gasteiger charge is 2.33. The highest BCUT2D eigenvalue weighted by Crippen LogP contribution is 2.45. The van der Waals surface area contributed by atoms with E-state index in [0.29, 0.717) is 0 Å². The van der Waals surface area contributed by atoms with Crippen LogP contribution in [0.5, 0.6) is 0 Å². The Bertz CT molecular complexity index is 334. The molecule has 0 aromatic rings. The first kappa shape index (κ1) is 18.6. The molecule has 0 N–H and O–H groups in total. The van der Waals surface area contributed by atoms with Gasteiger partial charge in [-0.2, -0.15) is 0 Å². The molecule has 0 atom stereocenters. The molecular weight excluding hydrogens is 287 g/mol. The van der Waals surface area contributed by atoms with Crippen LogP contribution in [0.3, 0.4) is 0 Å². The summed E-state index contributed by atoms with van der Waals surface area (Å²) in [6, 6.07) is 0. The lowest BCUT2D eigenvalue weighted by atomic mass is 10.7. The van der Waals surface area contributed by atoms with Crippen molar-refractivity contribution in [2.24, 2.45) is 0 Å². The molecule has 0 fully saturated rings. The van der Waals surface area contributed by atoms with Crippen LogP contribution >= 0.6 is 7.14 Å². The fraction of sp³-hybridized carbons (Fsp3) is 0.750. The largest absolute Gasteiger partial charge is 0.466 e. The van der Waals surface area contributed by atoms with Gasteiger partial charge in [0.15, 0.2) is 0 Å². The molecule has 20 heavy (non-hydrogen) atoms. The summed E-state index contributed by atoms with van der Waals surface area (Å²) in [4.78, 5) is 34.3. The summed E-state index contributed by atoms with van der Waals surface area (Å²) in [6.07, 6.45) is -1.42. The quantitative estimate of drug-likeness (QED) is 0.356. The molecule has 0 radical (unpaired) electrons. The summed E-state index contributed by atoms with van der Waals surface area (Å²) >= 11 is 0. The summed E-state index contributed by atoms with van der Waals surface area (Å²) in [6.45, 7) is 5.24. The number of esters is 3. The average Bonchev–Trinajstić information content (AvgIpc) is 2.28. The average molecular weight is 308 g/mol. The van der Waals surface area contributed by atoms with Crippen LogP contribution < -0.4 is 0 Å². The predicted molar refractivity (Wildman–Crippen MR) is 72.1 cm³/mol. The van der Waals surface area contributed by atoms with Gasteiger partial charge in [-0.25, -0.2) is 0 Å². The number of hydrogen-bond acceptors (Lipinski definition) is 7. The second-order valence-corrected chi connectivity index (χ2v) is 7.01. The fourth-order valence-corrected chi connectivity index (χ4v) is 3.51. The van der Waals surface area contributed by atoms with E-state index in [-0.39, 0.29) is 19.8 Å². The van der Waals surface area contributed by atoms with Gasteiger partial charge in [-0.1, -0.05) is 0 Å². The summed E-state index contributed by atoms with van der Waals surface area (Å²) in [5.74, 6) is -2.11. The van der Waals surface area contributed by atoms with Gasteiger partial charge in [-0.3, -0.25) is 14.4 Å². The van der Waals surface area contributed by atoms with Crippen molar-refractivity contribution in [3.63, 3.8) is 0 Å².